The molecule has 1 fully saturated rings. The fraction of sp³-hybridized carbons (Fsp3) is 0.385. The van der Waals surface area contributed by atoms with Crippen molar-refractivity contribution in [2.45, 2.75) is 38.5 Å². The summed E-state index contributed by atoms with van der Waals surface area (Å²) in [6.45, 7) is 1.37. The van der Waals surface area contributed by atoms with Gasteiger partial charge in [-0.05, 0) is 56.0 Å². The fourth-order valence-corrected chi connectivity index (χ4v) is 4.11. The van der Waals surface area contributed by atoms with Gasteiger partial charge in [0.1, 0.15) is 5.82 Å². The number of amides is 2. The van der Waals surface area contributed by atoms with Gasteiger partial charge in [-0.1, -0.05) is 5.16 Å². The summed E-state index contributed by atoms with van der Waals surface area (Å²) in [6.07, 6.45) is 4.05. The molecule has 4 rings (SSSR count). The summed E-state index contributed by atoms with van der Waals surface area (Å²) in [7, 11) is 3.00. The number of carbonyl (C=O) groups excluding carboxylic acids is 2. The Bertz CT molecular complexity index is 1210. The van der Waals surface area contributed by atoms with Crippen LogP contribution in [0.15, 0.2) is 40.9 Å². The van der Waals surface area contributed by atoms with Crippen molar-refractivity contribution >= 4 is 17.5 Å². The molecule has 0 radical (unpaired) electrons. The summed E-state index contributed by atoms with van der Waals surface area (Å²) in [4.78, 5) is 32.1. The van der Waals surface area contributed by atoms with Gasteiger partial charge in [0.05, 0.1) is 25.5 Å². The summed E-state index contributed by atoms with van der Waals surface area (Å²) < 4.78 is 29.1. The Morgan fingerprint density at radius 2 is 1.75 bits per heavy atom. The van der Waals surface area contributed by atoms with Crippen molar-refractivity contribution in [3.05, 3.63) is 53.7 Å². The maximum absolute atomic E-state index is 13.2. The van der Waals surface area contributed by atoms with Gasteiger partial charge in [0.2, 0.25) is 17.6 Å². The van der Waals surface area contributed by atoms with Crippen LogP contribution in [0, 0.1) is 5.82 Å². The third kappa shape index (κ3) is 5.99. The van der Waals surface area contributed by atoms with Gasteiger partial charge < -0.3 is 24.2 Å². The number of hydrogen-bond acceptors (Lipinski definition) is 7. The van der Waals surface area contributed by atoms with E-state index in [4.69, 9.17) is 14.0 Å². The molecule has 190 valence electrons. The number of likely N-dealkylation sites (tertiary alicyclic amines) is 1. The summed E-state index contributed by atoms with van der Waals surface area (Å²) in [5.74, 6) is 0.836. The number of halogens is 1. The largest absolute Gasteiger partial charge is 0.493 e. The molecule has 0 saturated carbocycles. The van der Waals surface area contributed by atoms with E-state index in [1.807, 2.05) is 0 Å². The molecular weight excluding hydrogens is 467 g/mol. The number of nitrogens with one attached hydrogen (secondary N) is 1. The number of anilines is 1. The number of nitrogens with zero attached hydrogens (tertiary/aromatic N) is 3. The van der Waals surface area contributed by atoms with Crippen molar-refractivity contribution in [2.24, 2.45) is 0 Å². The van der Waals surface area contributed by atoms with E-state index < -0.39 is 0 Å². The third-order valence-electron chi connectivity index (χ3n) is 6.04. The Hall–Kier alpha value is -3.95. The molecule has 2 heterocycles. The summed E-state index contributed by atoms with van der Waals surface area (Å²) in [5, 5.41) is 6.77. The number of aryl methyl sites for hydroxylation is 1. The molecule has 36 heavy (non-hydrogen) atoms. The molecule has 9 nitrogen and oxygen atoms in total. The highest BCUT2D eigenvalue weighted by Crippen LogP contribution is 2.34. The quantitative estimate of drug-likeness (QED) is 0.465. The standard InChI is InChI=1S/C26H29FN4O5/c1-34-21-15-19(26(33)31-13-4-3-5-14-31)20(16-22(21)35-2)28-23(32)7-6-8-24-29-25(30-36-24)17-9-11-18(27)12-10-17/h9-12,15-16H,3-8,13-14H2,1-2H3,(H,28,32). The van der Waals surface area contributed by atoms with Crippen LogP contribution in [0.1, 0.15) is 48.4 Å². The van der Waals surface area contributed by atoms with Crippen LogP contribution < -0.4 is 14.8 Å². The van der Waals surface area contributed by atoms with Gasteiger partial charge in [-0.3, -0.25) is 9.59 Å². The molecule has 3 aromatic rings. The summed E-state index contributed by atoms with van der Waals surface area (Å²) in [5.41, 5.74) is 1.39. The second-order valence-corrected chi connectivity index (χ2v) is 8.53. The number of carbonyl (C=O) groups is 2. The molecule has 1 N–H and O–H groups in total. The van der Waals surface area contributed by atoms with E-state index in [1.165, 1.54) is 26.4 Å². The Labute approximate surface area is 208 Å². The van der Waals surface area contributed by atoms with Crippen molar-refractivity contribution in [1.82, 2.24) is 15.0 Å². The van der Waals surface area contributed by atoms with Crippen molar-refractivity contribution in [3.63, 3.8) is 0 Å². The molecule has 10 heteroatoms. The van der Waals surface area contributed by atoms with Crippen molar-refractivity contribution < 1.29 is 28.0 Å². The van der Waals surface area contributed by atoms with Crippen molar-refractivity contribution in [1.29, 1.82) is 0 Å². The number of ether oxygens (including phenoxy) is 2. The van der Waals surface area contributed by atoms with Gasteiger partial charge in [-0.2, -0.15) is 4.98 Å². The predicted molar refractivity (Wildman–Crippen MR) is 131 cm³/mol. The number of aromatic nitrogens is 2. The minimum atomic E-state index is -0.344. The lowest BCUT2D eigenvalue weighted by molar-refractivity contribution is -0.116. The lowest BCUT2D eigenvalue weighted by Crippen LogP contribution is -2.36. The molecule has 1 saturated heterocycles. The molecule has 1 aliphatic rings. The van der Waals surface area contributed by atoms with Crippen LogP contribution in [-0.4, -0.2) is 54.2 Å². The van der Waals surface area contributed by atoms with Gasteiger partial charge in [-0.25, -0.2) is 4.39 Å². The maximum Gasteiger partial charge on any atom is 0.256 e. The summed E-state index contributed by atoms with van der Waals surface area (Å²) in [6, 6.07) is 9.02. The Balaban J connectivity index is 1.40. The molecule has 2 amide bonds. The maximum atomic E-state index is 13.2. The first kappa shape index (κ1) is 25.2. The zero-order chi connectivity index (χ0) is 25.5. The minimum Gasteiger partial charge on any atom is -0.493 e. The van der Waals surface area contributed by atoms with E-state index in [0.29, 0.717) is 66.0 Å². The average Bonchev–Trinajstić information content (AvgIpc) is 3.37. The van der Waals surface area contributed by atoms with Crippen molar-refractivity contribution in [2.75, 3.05) is 32.6 Å². The second-order valence-electron chi connectivity index (χ2n) is 8.53. The summed E-state index contributed by atoms with van der Waals surface area (Å²) >= 11 is 0. The Morgan fingerprint density at radius 3 is 2.44 bits per heavy atom. The van der Waals surface area contributed by atoms with E-state index in [0.717, 1.165) is 19.3 Å². The monoisotopic (exact) mass is 496 g/mol. The van der Waals surface area contributed by atoms with Crippen LogP contribution >= 0.6 is 0 Å². The number of hydrogen-bond donors (Lipinski definition) is 1. The van der Waals surface area contributed by atoms with Gasteiger partial charge >= 0.3 is 0 Å². The molecule has 1 aliphatic heterocycles. The molecule has 0 aliphatic carbocycles. The number of methoxy groups -OCH3 is 2. The SMILES string of the molecule is COc1cc(NC(=O)CCCc2nc(-c3ccc(F)cc3)no2)c(C(=O)N2CCCCC2)cc1OC. The molecular formula is C26H29FN4O5. The fourth-order valence-electron chi connectivity index (χ4n) is 4.11. The van der Waals surface area contributed by atoms with Crippen LogP contribution in [0.25, 0.3) is 11.4 Å². The molecule has 1 aromatic heterocycles. The van der Waals surface area contributed by atoms with E-state index in [1.54, 1.807) is 29.2 Å². The zero-order valence-electron chi connectivity index (χ0n) is 20.4. The molecule has 0 atom stereocenters. The van der Waals surface area contributed by atoms with Gasteiger partial charge in [-0.15, -0.1) is 0 Å². The lowest BCUT2D eigenvalue weighted by Gasteiger charge is -2.28. The van der Waals surface area contributed by atoms with Crippen LogP contribution in [0.5, 0.6) is 11.5 Å². The van der Waals surface area contributed by atoms with E-state index in [-0.39, 0.29) is 24.1 Å². The molecule has 2 aromatic carbocycles. The molecule has 0 bridgehead atoms. The first-order chi connectivity index (χ1) is 17.5. The van der Waals surface area contributed by atoms with E-state index in [2.05, 4.69) is 15.5 Å². The topological polar surface area (TPSA) is 107 Å². The van der Waals surface area contributed by atoms with Crippen LogP contribution in [0.3, 0.4) is 0 Å². The first-order valence-corrected chi connectivity index (χ1v) is 11.9. The molecule has 0 unspecified atom stereocenters. The average molecular weight is 497 g/mol. The van der Waals surface area contributed by atoms with Gasteiger partial charge in [0.15, 0.2) is 11.5 Å². The predicted octanol–water partition coefficient (Wildman–Crippen LogP) is 4.48. The number of benzene rings is 2. The number of rotatable bonds is 9. The first-order valence-electron chi connectivity index (χ1n) is 11.9. The smallest absolute Gasteiger partial charge is 0.256 e. The van der Waals surface area contributed by atoms with E-state index >= 15 is 0 Å². The zero-order valence-corrected chi connectivity index (χ0v) is 20.4. The van der Waals surface area contributed by atoms with E-state index in [9.17, 15) is 14.0 Å². The van der Waals surface area contributed by atoms with Gasteiger partial charge in [0.25, 0.3) is 5.91 Å². The van der Waals surface area contributed by atoms with Crippen LogP contribution in [0.2, 0.25) is 0 Å². The van der Waals surface area contributed by atoms with Crippen LogP contribution in [-0.2, 0) is 11.2 Å². The Kier molecular flexibility index (Phi) is 8.14. The molecule has 0 spiro atoms. The highest BCUT2D eigenvalue weighted by atomic mass is 19.1. The normalized spacial score (nSPS) is 13.4. The second kappa shape index (κ2) is 11.7. The van der Waals surface area contributed by atoms with Gasteiger partial charge in [0, 0.05) is 37.6 Å². The van der Waals surface area contributed by atoms with Crippen molar-refractivity contribution in [3.8, 4) is 22.9 Å². The Morgan fingerprint density at radius 1 is 1.06 bits per heavy atom. The highest BCUT2D eigenvalue weighted by molar-refractivity contribution is 6.04. The highest BCUT2D eigenvalue weighted by Gasteiger charge is 2.24. The van der Waals surface area contributed by atoms with Crippen LogP contribution in [0.4, 0.5) is 10.1 Å². The lowest BCUT2D eigenvalue weighted by atomic mass is 10.1. The minimum absolute atomic E-state index is 0.148. The third-order valence-corrected chi connectivity index (χ3v) is 6.04. The number of piperidine rings is 1.